The first kappa shape index (κ1) is 34.9. The fourth-order valence-corrected chi connectivity index (χ4v) is 7.26. The van der Waals surface area contributed by atoms with E-state index >= 15 is 0 Å². The van der Waals surface area contributed by atoms with Crippen molar-refractivity contribution in [2.75, 3.05) is 0 Å². The highest BCUT2D eigenvalue weighted by molar-refractivity contribution is 5.96. The second-order valence-corrected chi connectivity index (χ2v) is 15.2. The zero-order valence-corrected chi connectivity index (χ0v) is 31.6. The lowest BCUT2D eigenvalue weighted by Gasteiger charge is -2.22. The molecule has 0 aliphatic rings. The molecule has 0 atom stereocenters. The Morgan fingerprint density at radius 1 is 0.481 bits per heavy atom. The number of pyridine rings is 1. The molecule has 0 fully saturated rings. The summed E-state index contributed by atoms with van der Waals surface area (Å²) in [6.45, 7) is 18.0. The summed E-state index contributed by atoms with van der Waals surface area (Å²) in [6.07, 6.45) is 0. The van der Waals surface area contributed by atoms with Crippen LogP contribution in [0.5, 0.6) is 5.75 Å². The summed E-state index contributed by atoms with van der Waals surface area (Å²) in [5, 5.41) is 11.2. The van der Waals surface area contributed by atoms with Gasteiger partial charge in [-0.2, -0.15) is 0 Å². The number of rotatable bonds is 9. The largest absolute Gasteiger partial charge is 0.507 e. The van der Waals surface area contributed by atoms with Crippen LogP contribution in [0, 0.1) is 0 Å². The number of aromatic nitrogens is 3. The van der Waals surface area contributed by atoms with Crippen molar-refractivity contribution in [2.24, 2.45) is 0 Å². The predicted molar refractivity (Wildman–Crippen MR) is 219 cm³/mol. The highest BCUT2D eigenvalue weighted by Gasteiger charge is 2.25. The molecule has 0 unspecified atom stereocenters. The second kappa shape index (κ2) is 14.3. The molecule has 0 saturated carbocycles. The number of aromatic hydroxyl groups is 1. The molecule has 0 amide bonds. The Hall–Kier alpha value is -5.48. The minimum atomic E-state index is 0.202. The summed E-state index contributed by atoms with van der Waals surface area (Å²) in [4.78, 5) is 10.6. The minimum Gasteiger partial charge on any atom is -0.507 e. The van der Waals surface area contributed by atoms with Gasteiger partial charge in [0.1, 0.15) is 11.6 Å². The van der Waals surface area contributed by atoms with Gasteiger partial charge in [0.2, 0.25) is 0 Å². The van der Waals surface area contributed by atoms with Gasteiger partial charge in [-0.25, -0.2) is 9.97 Å². The fourth-order valence-electron chi connectivity index (χ4n) is 7.26. The Labute approximate surface area is 308 Å². The van der Waals surface area contributed by atoms with Crippen molar-refractivity contribution in [1.29, 1.82) is 0 Å². The smallest absolute Gasteiger partial charge is 0.149 e. The van der Waals surface area contributed by atoms with Crippen molar-refractivity contribution >= 4 is 11.0 Å². The Morgan fingerprint density at radius 3 is 1.71 bits per heavy atom. The van der Waals surface area contributed by atoms with Gasteiger partial charge in [-0.3, -0.25) is 4.57 Å². The summed E-state index contributed by atoms with van der Waals surface area (Å²) in [5.41, 5.74) is 15.1. The van der Waals surface area contributed by atoms with Crippen LogP contribution in [0.25, 0.3) is 61.8 Å². The molecular formula is C48H49N3O. The van der Waals surface area contributed by atoms with E-state index in [0.29, 0.717) is 23.2 Å². The summed E-state index contributed by atoms with van der Waals surface area (Å²) in [7, 11) is 0. The van der Waals surface area contributed by atoms with Gasteiger partial charge in [-0.15, -0.1) is 0 Å². The van der Waals surface area contributed by atoms with E-state index in [4.69, 9.17) is 9.97 Å². The first-order valence-corrected chi connectivity index (χ1v) is 18.7. The minimum absolute atomic E-state index is 0.202. The summed E-state index contributed by atoms with van der Waals surface area (Å²) in [6, 6.07) is 42.5. The fraction of sp³-hybridized carbons (Fsp3) is 0.250. The Balaban J connectivity index is 1.41. The van der Waals surface area contributed by atoms with Gasteiger partial charge in [0, 0.05) is 11.1 Å². The number of imidazole rings is 1. The van der Waals surface area contributed by atoms with E-state index in [0.717, 1.165) is 39.2 Å². The Morgan fingerprint density at radius 2 is 1.06 bits per heavy atom. The van der Waals surface area contributed by atoms with E-state index in [-0.39, 0.29) is 17.6 Å². The monoisotopic (exact) mass is 683 g/mol. The quantitative estimate of drug-likeness (QED) is 0.165. The number of phenols is 1. The Bertz CT molecular complexity index is 2340. The molecule has 7 aromatic rings. The lowest BCUT2D eigenvalue weighted by atomic mass is 9.90. The van der Waals surface area contributed by atoms with Crippen LogP contribution in [0.1, 0.15) is 101 Å². The Kier molecular flexibility index (Phi) is 9.59. The van der Waals surface area contributed by atoms with Crippen LogP contribution in [0.15, 0.2) is 121 Å². The number of fused-ring (bicyclic) bond motifs is 1. The van der Waals surface area contributed by atoms with E-state index in [1.54, 1.807) is 6.07 Å². The van der Waals surface area contributed by atoms with Crippen LogP contribution in [0.4, 0.5) is 0 Å². The maximum Gasteiger partial charge on any atom is 0.149 e. The third-order valence-corrected chi connectivity index (χ3v) is 10.2. The lowest BCUT2D eigenvalue weighted by molar-refractivity contribution is 0.477. The van der Waals surface area contributed by atoms with E-state index in [2.05, 4.69) is 157 Å². The molecule has 0 radical (unpaired) electrons. The molecule has 7 rings (SSSR count). The van der Waals surface area contributed by atoms with Crippen LogP contribution in [-0.2, 0) is 0 Å². The third kappa shape index (κ3) is 6.54. The average molecular weight is 684 g/mol. The van der Waals surface area contributed by atoms with E-state index < -0.39 is 0 Å². The third-order valence-electron chi connectivity index (χ3n) is 10.2. The number of nitrogens with zero attached hydrogens (tertiary/aromatic N) is 3. The number of phenolic OH excluding ortho intramolecular Hbond substituents is 1. The van der Waals surface area contributed by atoms with Gasteiger partial charge in [0.15, 0.2) is 0 Å². The zero-order valence-electron chi connectivity index (χ0n) is 31.6. The topological polar surface area (TPSA) is 50.9 Å². The molecule has 0 spiro atoms. The molecule has 0 saturated heterocycles. The number of benzene rings is 5. The number of para-hydroxylation sites is 3. The highest BCUT2D eigenvalue weighted by Crippen LogP contribution is 2.41. The van der Waals surface area contributed by atoms with Crippen molar-refractivity contribution in [3.8, 4) is 56.5 Å². The van der Waals surface area contributed by atoms with Crippen LogP contribution >= 0.6 is 0 Å². The molecule has 4 nitrogen and oxygen atoms in total. The maximum atomic E-state index is 11.2. The van der Waals surface area contributed by atoms with Gasteiger partial charge >= 0.3 is 0 Å². The molecular weight excluding hydrogens is 635 g/mol. The van der Waals surface area contributed by atoms with Gasteiger partial charge < -0.3 is 5.11 Å². The average Bonchev–Trinajstić information content (AvgIpc) is 3.53. The van der Waals surface area contributed by atoms with Gasteiger partial charge in [0.05, 0.1) is 33.7 Å². The molecule has 5 aromatic carbocycles. The predicted octanol–water partition coefficient (Wildman–Crippen LogP) is 13.3. The summed E-state index contributed by atoms with van der Waals surface area (Å²) in [5.74, 6) is 2.38. The van der Waals surface area contributed by atoms with E-state index in [9.17, 15) is 5.11 Å². The van der Waals surface area contributed by atoms with Crippen LogP contribution in [-0.4, -0.2) is 19.6 Å². The summed E-state index contributed by atoms with van der Waals surface area (Å²) < 4.78 is 2.27. The van der Waals surface area contributed by atoms with Crippen molar-refractivity contribution in [3.63, 3.8) is 0 Å². The van der Waals surface area contributed by atoms with Crippen LogP contribution in [0.2, 0.25) is 0 Å². The van der Waals surface area contributed by atoms with Crippen molar-refractivity contribution in [1.82, 2.24) is 14.5 Å². The summed E-state index contributed by atoms with van der Waals surface area (Å²) >= 11 is 0. The molecule has 2 heterocycles. The molecule has 0 aliphatic carbocycles. The molecule has 52 heavy (non-hydrogen) atoms. The molecule has 262 valence electrons. The first-order valence-electron chi connectivity index (χ1n) is 18.7. The normalized spacial score (nSPS) is 11.8. The number of hydrogen-bond donors (Lipinski definition) is 1. The van der Waals surface area contributed by atoms with Gasteiger partial charge in [-0.1, -0.05) is 140 Å². The molecule has 2 aromatic heterocycles. The highest BCUT2D eigenvalue weighted by atomic mass is 16.3. The lowest BCUT2D eigenvalue weighted by Crippen LogP contribution is -2.08. The van der Waals surface area contributed by atoms with Gasteiger partial charge in [0.25, 0.3) is 0 Å². The SMILES string of the molecule is CC(C)c1cc(-c2cccc(-c3cccc(-c4cccc5c4nc(-c4ccccc4O)n5-c4c(C(C)C)cccc4C(C)C)n3)c2)cc(C(C)C)c1. The molecule has 0 bridgehead atoms. The maximum absolute atomic E-state index is 11.2. The van der Waals surface area contributed by atoms with Crippen LogP contribution < -0.4 is 0 Å². The first-order chi connectivity index (χ1) is 25.0. The number of hydrogen-bond acceptors (Lipinski definition) is 3. The van der Waals surface area contributed by atoms with Crippen molar-refractivity contribution in [2.45, 2.75) is 79.1 Å². The van der Waals surface area contributed by atoms with E-state index in [1.165, 1.54) is 33.4 Å². The second-order valence-electron chi connectivity index (χ2n) is 15.2. The molecule has 4 heteroatoms. The van der Waals surface area contributed by atoms with Crippen molar-refractivity contribution < 1.29 is 5.11 Å². The molecule has 1 N–H and O–H groups in total. The standard InChI is InChI=1S/C48H49N3O/c1-29(2)35-26-36(30(3)4)28-37(27-35)33-15-11-16-34(25-33)42-21-14-22-43(49-42)40-20-13-23-44-46(40)50-48(41-17-9-10-24-45(41)52)51(44)47-38(31(5)6)18-12-19-39(47)32(7)8/h9-32,52H,1-8H3. The van der Waals surface area contributed by atoms with Crippen LogP contribution in [0.3, 0.4) is 0 Å². The molecule has 0 aliphatic heterocycles. The zero-order chi connectivity index (χ0) is 36.7. The van der Waals surface area contributed by atoms with Gasteiger partial charge in [-0.05, 0) is 93.5 Å². The van der Waals surface area contributed by atoms with Crippen molar-refractivity contribution in [3.05, 3.63) is 144 Å². The van der Waals surface area contributed by atoms with E-state index in [1.807, 2.05) is 18.2 Å².